The van der Waals surface area contributed by atoms with Crippen molar-refractivity contribution in [3.63, 3.8) is 0 Å². The molecule has 0 saturated carbocycles. The highest BCUT2D eigenvalue weighted by Gasteiger charge is 2.24. The number of aromatic nitrogens is 2. The molecule has 0 amide bonds. The predicted octanol–water partition coefficient (Wildman–Crippen LogP) is 4.92. The van der Waals surface area contributed by atoms with Crippen molar-refractivity contribution in [2.75, 3.05) is 36.0 Å². The molecular formula is C22H21ClN4O. The van der Waals surface area contributed by atoms with E-state index in [9.17, 15) is 0 Å². The first kappa shape index (κ1) is 17.3. The zero-order chi connectivity index (χ0) is 19.1. The van der Waals surface area contributed by atoms with E-state index in [1.54, 1.807) is 0 Å². The van der Waals surface area contributed by atoms with E-state index in [0.717, 1.165) is 71.3 Å². The van der Waals surface area contributed by atoms with E-state index < -0.39 is 0 Å². The minimum absolute atomic E-state index is 0.766. The second kappa shape index (κ2) is 6.99. The summed E-state index contributed by atoms with van der Waals surface area (Å²) >= 11 is 6.02. The van der Waals surface area contributed by atoms with Crippen LogP contribution in [0, 0.1) is 0 Å². The van der Waals surface area contributed by atoms with Crippen molar-refractivity contribution in [2.24, 2.45) is 0 Å². The lowest BCUT2D eigenvalue weighted by atomic mass is 10.2. The Kier molecular flexibility index (Phi) is 4.32. The lowest BCUT2D eigenvalue weighted by molar-refractivity contribution is 0.627. The summed E-state index contributed by atoms with van der Waals surface area (Å²) in [5.41, 5.74) is 3.77. The van der Waals surface area contributed by atoms with Crippen LogP contribution in [0.1, 0.15) is 12.7 Å². The summed E-state index contributed by atoms with van der Waals surface area (Å²) < 4.78 is 6.17. The molecule has 0 radical (unpaired) electrons. The molecule has 142 valence electrons. The average Bonchev–Trinajstić information content (AvgIpc) is 3.12. The fourth-order valence-electron chi connectivity index (χ4n) is 3.82. The lowest BCUT2D eigenvalue weighted by Crippen LogP contribution is -2.47. The third-order valence-electron chi connectivity index (χ3n) is 5.34. The monoisotopic (exact) mass is 392 g/mol. The van der Waals surface area contributed by atoms with Gasteiger partial charge in [0.25, 0.3) is 0 Å². The molecule has 2 aromatic heterocycles. The number of benzene rings is 2. The first-order valence-electron chi connectivity index (χ1n) is 9.66. The maximum absolute atomic E-state index is 6.17. The Bertz CT molecular complexity index is 1130. The quantitative estimate of drug-likeness (QED) is 0.495. The van der Waals surface area contributed by atoms with Gasteiger partial charge in [-0.2, -0.15) is 0 Å². The van der Waals surface area contributed by atoms with Gasteiger partial charge in [0.1, 0.15) is 16.9 Å². The minimum Gasteiger partial charge on any atom is -0.450 e. The van der Waals surface area contributed by atoms with E-state index in [2.05, 4.69) is 34.9 Å². The van der Waals surface area contributed by atoms with E-state index >= 15 is 0 Å². The van der Waals surface area contributed by atoms with E-state index in [1.165, 1.54) is 5.69 Å². The smallest absolute Gasteiger partial charge is 0.196 e. The number of para-hydroxylation sites is 1. The summed E-state index contributed by atoms with van der Waals surface area (Å²) in [6.45, 7) is 5.71. The predicted molar refractivity (Wildman–Crippen MR) is 115 cm³/mol. The Morgan fingerprint density at radius 2 is 1.64 bits per heavy atom. The van der Waals surface area contributed by atoms with Crippen LogP contribution in [0.2, 0.25) is 5.02 Å². The molecule has 28 heavy (non-hydrogen) atoms. The molecule has 0 spiro atoms. The fraction of sp³-hybridized carbons (Fsp3) is 0.273. The van der Waals surface area contributed by atoms with Gasteiger partial charge >= 0.3 is 0 Å². The van der Waals surface area contributed by atoms with Gasteiger partial charge in [0.15, 0.2) is 11.4 Å². The van der Waals surface area contributed by atoms with Crippen LogP contribution in [0.5, 0.6) is 0 Å². The number of fused-ring (bicyclic) bond motifs is 3. The molecule has 1 aliphatic rings. The summed E-state index contributed by atoms with van der Waals surface area (Å²) in [5.74, 6) is 1.77. The zero-order valence-electron chi connectivity index (χ0n) is 15.7. The number of hydrogen-bond acceptors (Lipinski definition) is 5. The number of furan rings is 1. The van der Waals surface area contributed by atoms with Crippen molar-refractivity contribution < 1.29 is 4.42 Å². The fourth-order valence-corrected chi connectivity index (χ4v) is 3.95. The Hall–Kier alpha value is -2.79. The molecule has 6 heteroatoms. The molecule has 5 nitrogen and oxygen atoms in total. The normalized spacial score (nSPS) is 14.9. The molecule has 5 rings (SSSR count). The number of piperazine rings is 1. The van der Waals surface area contributed by atoms with Crippen molar-refractivity contribution in [3.8, 4) is 0 Å². The molecule has 1 fully saturated rings. The zero-order valence-corrected chi connectivity index (χ0v) is 16.5. The van der Waals surface area contributed by atoms with Crippen LogP contribution in [-0.4, -0.2) is 36.1 Å². The number of aryl methyl sites for hydroxylation is 1. The first-order chi connectivity index (χ1) is 13.7. The van der Waals surface area contributed by atoms with E-state index in [1.807, 2.05) is 30.3 Å². The van der Waals surface area contributed by atoms with Crippen LogP contribution < -0.4 is 9.80 Å². The van der Waals surface area contributed by atoms with Crippen molar-refractivity contribution in [3.05, 3.63) is 59.4 Å². The third kappa shape index (κ3) is 2.96. The van der Waals surface area contributed by atoms with Gasteiger partial charge in [-0.05, 0) is 36.4 Å². The highest BCUT2D eigenvalue weighted by atomic mass is 35.5. The SMILES string of the molecule is CCc1nc(N2CCN(c3ccc(Cl)cc3)CC2)c2oc3ccccc3c2n1. The topological polar surface area (TPSA) is 45.4 Å². The van der Waals surface area contributed by atoms with Crippen molar-refractivity contribution in [1.29, 1.82) is 0 Å². The highest BCUT2D eigenvalue weighted by Crippen LogP contribution is 2.33. The molecule has 0 unspecified atom stereocenters. The van der Waals surface area contributed by atoms with Crippen LogP contribution in [-0.2, 0) is 6.42 Å². The molecule has 2 aromatic carbocycles. The van der Waals surface area contributed by atoms with Gasteiger partial charge in [-0.15, -0.1) is 0 Å². The molecule has 1 aliphatic heterocycles. The summed E-state index contributed by atoms with van der Waals surface area (Å²) in [6, 6.07) is 16.1. The summed E-state index contributed by atoms with van der Waals surface area (Å²) in [6.07, 6.45) is 0.799. The summed E-state index contributed by atoms with van der Waals surface area (Å²) in [4.78, 5) is 14.3. The van der Waals surface area contributed by atoms with Gasteiger partial charge in [0, 0.05) is 48.7 Å². The standard InChI is InChI=1S/C22H21ClN4O/c1-2-19-24-20-17-5-3-4-6-18(17)28-21(20)22(25-19)27-13-11-26(12-14-27)16-9-7-15(23)8-10-16/h3-10H,2,11-14H2,1H3. The van der Waals surface area contributed by atoms with Crippen LogP contribution in [0.15, 0.2) is 52.9 Å². The second-order valence-electron chi connectivity index (χ2n) is 7.04. The van der Waals surface area contributed by atoms with E-state index in [4.69, 9.17) is 26.0 Å². The Morgan fingerprint density at radius 3 is 2.39 bits per heavy atom. The van der Waals surface area contributed by atoms with Gasteiger partial charge in [0.05, 0.1) is 0 Å². The Morgan fingerprint density at radius 1 is 0.929 bits per heavy atom. The summed E-state index contributed by atoms with van der Waals surface area (Å²) in [5, 5.41) is 1.82. The molecule has 0 N–H and O–H groups in total. The molecule has 0 aliphatic carbocycles. The Balaban J connectivity index is 1.48. The van der Waals surface area contributed by atoms with Crippen LogP contribution in [0.4, 0.5) is 11.5 Å². The Labute approximate surface area is 168 Å². The van der Waals surface area contributed by atoms with Crippen LogP contribution in [0.25, 0.3) is 22.1 Å². The highest BCUT2D eigenvalue weighted by molar-refractivity contribution is 6.30. The van der Waals surface area contributed by atoms with Crippen molar-refractivity contribution >= 4 is 45.2 Å². The molecule has 4 aromatic rings. The van der Waals surface area contributed by atoms with Crippen LogP contribution >= 0.6 is 11.6 Å². The number of hydrogen-bond donors (Lipinski definition) is 0. The molecule has 0 bridgehead atoms. The van der Waals surface area contributed by atoms with Crippen molar-refractivity contribution in [1.82, 2.24) is 9.97 Å². The molecule has 3 heterocycles. The lowest BCUT2D eigenvalue weighted by Gasteiger charge is -2.36. The summed E-state index contributed by atoms with van der Waals surface area (Å²) in [7, 11) is 0. The maximum Gasteiger partial charge on any atom is 0.196 e. The minimum atomic E-state index is 0.766. The third-order valence-corrected chi connectivity index (χ3v) is 5.59. The van der Waals surface area contributed by atoms with Gasteiger partial charge in [-0.1, -0.05) is 30.7 Å². The van der Waals surface area contributed by atoms with E-state index in [-0.39, 0.29) is 0 Å². The maximum atomic E-state index is 6.17. The molecular weight excluding hydrogens is 372 g/mol. The van der Waals surface area contributed by atoms with Crippen molar-refractivity contribution in [2.45, 2.75) is 13.3 Å². The van der Waals surface area contributed by atoms with Crippen LogP contribution in [0.3, 0.4) is 0 Å². The van der Waals surface area contributed by atoms with E-state index in [0.29, 0.717) is 0 Å². The largest absolute Gasteiger partial charge is 0.450 e. The average molecular weight is 393 g/mol. The number of halogens is 1. The number of anilines is 2. The second-order valence-corrected chi connectivity index (χ2v) is 7.48. The van der Waals surface area contributed by atoms with Gasteiger partial charge in [0.2, 0.25) is 0 Å². The number of rotatable bonds is 3. The van der Waals surface area contributed by atoms with Gasteiger partial charge in [-0.25, -0.2) is 9.97 Å². The van der Waals surface area contributed by atoms with Gasteiger partial charge < -0.3 is 14.2 Å². The first-order valence-corrected chi connectivity index (χ1v) is 10.0. The van der Waals surface area contributed by atoms with Gasteiger partial charge in [-0.3, -0.25) is 0 Å². The molecule has 0 atom stereocenters. The molecule has 1 saturated heterocycles. The number of nitrogens with zero attached hydrogens (tertiary/aromatic N) is 4.